The van der Waals surface area contributed by atoms with E-state index in [-0.39, 0.29) is 0 Å². The highest BCUT2D eigenvalue weighted by atomic mass is 16.5. The average Bonchev–Trinajstić information content (AvgIpc) is 2.96. The lowest BCUT2D eigenvalue weighted by Gasteiger charge is -2.13. The lowest BCUT2D eigenvalue weighted by Crippen LogP contribution is -2.22. The molecule has 0 aliphatic rings. The molecule has 2 aromatic rings. The van der Waals surface area contributed by atoms with Gasteiger partial charge >= 0.3 is 5.97 Å². The molecule has 1 aromatic heterocycles. The quantitative estimate of drug-likeness (QED) is 0.803. The van der Waals surface area contributed by atoms with Crippen molar-refractivity contribution in [1.82, 2.24) is 20.2 Å². The van der Waals surface area contributed by atoms with Crippen LogP contribution in [0.15, 0.2) is 24.3 Å². The zero-order valence-electron chi connectivity index (χ0n) is 12.8. The van der Waals surface area contributed by atoms with E-state index in [0.717, 1.165) is 24.2 Å². The van der Waals surface area contributed by atoms with E-state index >= 15 is 0 Å². The molecule has 0 fully saturated rings. The van der Waals surface area contributed by atoms with Gasteiger partial charge in [0.15, 0.2) is 11.9 Å². The first-order chi connectivity index (χ1) is 10.7. The third-order valence-corrected chi connectivity index (χ3v) is 3.49. The molecule has 0 saturated carbocycles. The molecule has 0 radical (unpaired) electrons. The summed E-state index contributed by atoms with van der Waals surface area (Å²) in [5, 5.41) is 20.9. The molecule has 1 aromatic carbocycles. The number of carboxylic acids is 1. The van der Waals surface area contributed by atoms with E-state index < -0.39 is 12.0 Å². The maximum absolute atomic E-state index is 11.5. The van der Waals surface area contributed by atoms with Gasteiger partial charge in [-0.15, -0.1) is 5.10 Å². The fourth-order valence-corrected chi connectivity index (χ4v) is 2.24. The number of rotatable bonds is 8. The molecule has 0 bridgehead atoms. The number of aromatic nitrogens is 4. The Labute approximate surface area is 128 Å². The standard InChI is InChI=1S/C15H20N4O3/c1-3-4-5-13(15(20)21)19-14(16-17-18-19)10-11-6-8-12(22-2)9-7-11/h6-9,13H,3-5,10H2,1-2H3,(H,20,21). The zero-order valence-corrected chi connectivity index (χ0v) is 12.8. The van der Waals surface area contributed by atoms with Gasteiger partial charge in [-0.1, -0.05) is 31.9 Å². The minimum absolute atomic E-state index is 0.479. The van der Waals surface area contributed by atoms with E-state index in [0.29, 0.717) is 18.7 Å². The molecule has 1 unspecified atom stereocenters. The molecule has 1 heterocycles. The van der Waals surface area contributed by atoms with Gasteiger partial charge in [0.2, 0.25) is 0 Å². The average molecular weight is 304 g/mol. The Balaban J connectivity index is 2.18. The molecule has 0 aliphatic carbocycles. The second-order valence-corrected chi connectivity index (χ2v) is 5.06. The van der Waals surface area contributed by atoms with Crippen molar-refractivity contribution in [3.05, 3.63) is 35.7 Å². The molecule has 22 heavy (non-hydrogen) atoms. The fraction of sp³-hybridized carbons (Fsp3) is 0.467. The van der Waals surface area contributed by atoms with Gasteiger partial charge in [0, 0.05) is 6.42 Å². The lowest BCUT2D eigenvalue weighted by atomic mass is 10.1. The van der Waals surface area contributed by atoms with Crippen molar-refractivity contribution in [2.24, 2.45) is 0 Å². The Morgan fingerprint density at radius 3 is 2.68 bits per heavy atom. The number of unbranched alkanes of at least 4 members (excludes halogenated alkanes) is 1. The van der Waals surface area contributed by atoms with Gasteiger partial charge in [-0.05, 0) is 34.5 Å². The predicted molar refractivity (Wildman–Crippen MR) is 79.8 cm³/mol. The zero-order chi connectivity index (χ0) is 15.9. The predicted octanol–water partition coefficient (Wildman–Crippen LogP) is 2.09. The van der Waals surface area contributed by atoms with Crippen LogP contribution in [0.3, 0.4) is 0 Å². The first kappa shape index (κ1) is 15.9. The summed E-state index contributed by atoms with van der Waals surface area (Å²) in [6.07, 6.45) is 2.75. The number of methoxy groups -OCH3 is 1. The summed E-state index contributed by atoms with van der Waals surface area (Å²) in [6.45, 7) is 2.02. The topological polar surface area (TPSA) is 90.1 Å². The second-order valence-electron chi connectivity index (χ2n) is 5.06. The van der Waals surface area contributed by atoms with Crippen molar-refractivity contribution in [3.8, 4) is 5.75 Å². The van der Waals surface area contributed by atoms with Crippen molar-refractivity contribution >= 4 is 5.97 Å². The molecule has 0 aliphatic heterocycles. The van der Waals surface area contributed by atoms with Crippen LogP contribution < -0.4 is 4.74 Å². The molecule has 118 valence electrons. The van der Waals surface area contributed by atoms with Gasteiger partial charge in [0.1, 0.15) is 5.75 Å². The van der Waals surface area contributed by atoms with Crippen LogP contribution in [0.1, 0.15) is 43.6 Å². The third-order valence-electron chi connectivity index (χ3n) is 3.49. The number of benzene rings is 1. The first-order valence-corrected chi connectivity index (χ1v) is 7.28. The maximum Gasteiger partial charge on any atom is 0.328 e. The number of hydrogen-bond acceptors (Lipinski definition) is 5. The molecule has 7 heteroatoms. The van der Waals surface area contributed by atoms with Crippen LogP contribution >= 0.6 is 0 Å². The summed E-state index contributed by atoms with van der Waals surface area (Å²) in [4.78, 5) is 11.5. The third kappa shape index (κ3) is 3.81. The van der Waals surface area contributed by atoms with Gasteiger partial charge in [0.05, 0.1) is 7.11 Å². The summed E-state index contributed by atoms with van der Waals surface area (Å²) < 4.78 is 6.54. The molecule has 2 rings (SSSR count). The van der Waals surface area contributed by atoms with E-state index in [1.165, 1.54) is 4.68 Å². The normalized spacial score (nSPS) is 12.1. The Hall–Kier alpha value is -2.44. The van der Waals surface area contributed by atoms with Crippen LogP contribution in [0.4, 0.5) is 0 Å². The molecule has 0 spiro atoms. The number of hydrogen-bond donors (Lipinski definition) is 1. The smallest absolute Gasteiger partial charge is 0.328 e. The van der Waals surface area contributed by atoms with Gasteiger partial charge in [0.25, 0.3) is 0 Å². The Kier molecular flexibility index (Phi) is 5.46. The molecule has 1 atom stereocenters. The van der Waals surface area contributed by atoms with Crippen LogP contribution in [-0.4, -0.2) is 38.4 Å². The molecule has 1 N–H and O–H groups in total. The summed E-state index contributed by atoms with van der Waals surface area (Å²) in [5.74, 6) is 0.417. The highest BCUT2D eigenvalue weighted by molar-refractivity contribution is 5.71. The van der Waals surface area contributed by atoms with Crippen molar-refractivity contribution < 1.29 is 14.6 Å². The molecular weight excluding hydrogens is 284 g/mol. The lowest BCUT2D eigenvalue weighted by molar-refractivity contribution is -0.141. The molecular formula is C15H20N4O3. The number of aliphatic carboxylic acids is 1. The summed E-state index contributed by atoms with van der Waals surface area (Å²) in [7, 11) is 1.61. The van der Waals surface area contributed by atoms with Crippen LogP contribution in [0, 0.1) is 0 Å². The fourth-order valence-electron chi connectivity index (χ4n) is 2.24. The van der Waals surface area contributed by atoms with Crippen molar-refractivity contribution in [2.75, 3.05) is 7.11 Å². The van der Waals surface area contributed by atoms with Crippen LogP contribution in [0.2, 0.25) is 0 Å². The van der Waals surface area contributed by atoms with Crippen molar-refractivity contribution in [2.45, 2.75) is 38.6 Å². The number of carbonyl (C=O) groups is 1. The van der Waals surface area contributed by atoms with Crippen molar-refractivity contribution in [1.29, 1.82) is 0 Å². The van der Waals surface area contributed by atoms with Gasteiger partial charge < -0.3 is 9.84 Å². The van der Waals surface area contributed by atoms with Crippen molar-refractivity contribution in [3.63, 3.8) is 0 Å². The summed E-state index contributed by atoms with van der Waals surface area (Å²) in [6, 6.07) is 6.83. The Morgan fingerprint density at radius 2 is 2.09 bits per heavy atom. The molecule has 0 saturated heterocycles. The van der Waals surface area contributed by atoms with E-state index in [2.05, 4.69) is 15.5 Å². The summed E-state index contributed by atoms with van der Waals surface area (Å²) >= 11 is 0. The van der Waals surface area contributed by atoms with Gasteiger partial charge in [-0.3, -0.25) is 0 Å². The van der Waals surface area contributed by atoms with E-state index in [1.54, 1.807) is 7.11 Å². The Bertz CT molecular complexity index is 610. The first-order valence-electron chi connectivity index (χ1n) is 7.28. The second kappa shape index (κ2) is 7.53. The SMILES string of the molecule is CCCCC(C(=O)O)n1nnnc1Cc1ccc(OC)cc1. The number of ether oxygens (including phenoxy) is 1. The maximum atomic E-state index is 11.5. The molecule has 0 amide bonds. The van der Waals surface area contributed by atoms with Crippen LogP contribution in [0.5, 0.6) is 5.75 Å². The Morgan fingerprint density at radius 1 is 1.36 bits per heavy atom. The number of carboxylic acid groups (broad SMARTS) is 1. The monoisotopic (exact) mass is 304 g/mol. The van der Waals surface area contributed by atoms with Gasteiger partial charge in [-0.25, -0.2) is 9.48 Å². The van der Waals surface area contributed by atoms with E-state index in [4.69, 9.17) is 4.74 Å². The van der Waals surface area contributed by atoms with Crippen LogP contribution in [0.25, 0.3) is 0 Å². The largest absolute Gasteiger partial charge is 0.497 e. The van der Waals surface area contributed by atoms with E-state index in [9.17, 15) is 9.90 Å². The highest BCUT2D eigenvalue weighted by Crippen LogP contribution is 2.18. The highest BCUT2D eigenvalue weighted by Gasteiger charge is 2.23. The number of tetrazole rings is 1. The van der Waals surface area contributed by atoms with E-state index in [1.807, 2.05) is 31.2 Å². The summed E-state index contributed by atoms with van der Waals surface area (Å²) in [5.41, 5.74) is 0.997. The minimum Gasteiger partial charge on any atom is -0.497 e. The number of nitrogens with zero attached hydrogens (tertiary/aromatic N) is 4. The van der Waals surface area contributed by atoms with Crippen LogP contribution in [-0.2, 0) is 11.2 Å². The minimum atomic E-state index is -0.906. The van der Waals surface area contributed by atoms with Gasteiger partial charge in [-0.2, -0.15) is 0 Å². The molecule has 7 nitrogen and oxygen atoms in total.